The first-order chi connectivity index (χ1) is 37.8. The van der Waals surface area contributed by atoms with Gasteiger partial charge in [0, 0.05) is 35.8 Å². The van der Waals surface area contributed by atoms with Crippen molar-refractivity contribution in [1.82, 2.24) is 14.5 Å². The van der Waals surface area contributed by atoms with Crippen molar-refractivity contribution in [3.63, 3.8) is 0 Å². The van der Waals surface area contributed by atoms with Gasteiger partial charge in [-0.15, -0.1) is 0 Å². The number of fused-ring (bicyclic) bond motifs is 4. The molecule has 79 heavy (non-hydrogen) atoms. The number of halogens is 1. The molecule has 412 valence electrons. The van der Waals surface area contributed by atoms with Crippen LogP contribution in [0, 0.1) is 12.8 Å². The van der Waals surface area contributed by atoms with Crippen LogP contribution < -0.4 is 4.72 Å². The zero-order valence-corrected chi connectivity index (χ0v) is 50.7. The fourth-order valence-corrected chi connectivity index (χ4v) is 16.4. The molecule has 0 amide bonds. The molecule has 4 heterocycles. The van der Waals surface area contributed by atoms with E-state index in [1.54, 1.807) is 60.3 Å². The van der Waals surface area contributed by atoms with Crippen LogP contribution in [0.2, 0.25) is 0 Å². The largest absolute Gasteiger partial charge is 0.306 e. The summed E-state index contributed by atoms with van der Waals surface area (Å²) in [5.41, 5.74) is 10.9. The highest BCUT2D eigenvalue weighted by Crippen LogP contribution is 2.42. The number of hydrogen-bond acceptors (Lipinski definition) is 11. The SMILES string of the molecule is C=C(c1ccc(S(=O)(=O)NC2CCN(C)CC2)cc1)c1ccc2c(c1)Cc1ccccc1S2.CC(=NCS(=O)(=O)c1ccc(C)cc1)c1ccc2c(c1)Cc1ccccc1S2.CN1CCC(CS(=O)(=O)c2ccc(Br)cc2)CC1. The second-order valence-electron chi connectivity index (χ2n) is 20.9. The Balaban J connectivity index is 0.000000150. The van der Waals surface area contributed by atoms with Gasteiger partial charge in [-0.05, 0) is 228 Å². The molecule has 4 aliphatic heterocycles. The van der Waals surface area contributed by atoms with Crippen molar-refractivity contribution >= 4 is 80.4 Å². The van der Waals surface area contributed by atoms with E-state index in [-0.39, 0.29) is 17.7 Å². The lowest BCUT2D eigenvalue weighted by Crippen LogP contribution is -2.43. The van der Waals surface area contributed by atoms with E-state index in [4.69, 9.17) is 0 Å². The van der Waals surface area contributed by atoms with Crippen molar-refractivity contribution in [2.24, 2.45) is 10.9 Å². The molecule has 7 aromatic carbocycles. The molecular weight excluding hydrogens is 1150 g/mol. The van der Waals surface area contributed by atoms with Gasteiger partial charge in [0.05, 0.1) is 20.4 Å². The molecule has 2 saturated heterocycles. The molecular formula is C63H67BrN4O6S5. The second-order valence-corrected chi connectivity index (χ2v) is 29.7. The Bertz CT molecular complexity index is 3690. The van der Waals surface area contributed by atoms with Gasteiger partial charge in [-0.1, -0.05) is 124 Å². The summed E-state index contributed by atoms with van der Waals surface area (Å²) in [5.74, 6) is 0.341. The molecule has 2 fully saturated rings. The Morgan fingerprint density at radius 2 is 1.03 bits per heavy atom. The summed E-state index contributed by atoms with van der Waals surface area (Å²) >= 11 is 6.91. The second kappa shape index (κ2) is 25.8. The van der Waals surface area contributed by atoms with Gasteiger partial charge in [-0.2, -0.15) is 0 Å². The van der Waals surface area contributed by atoms with E-state index in [1.807, 2.05) is 55.9 Å². The van der Waals surface area contributed by atoms with Crippen LogP contribution >= 0.6 is 39.5 Å². The summed E-state index contributed by atoms with van der Waals surface area (Å²) in [6, 6.07) is 50.6. The van der Waals surface area contributed by atoms with E-state index in [0.717, 1.165) is 103 Å². The maximum Gasteiger partial charge on any atom is 0.240 e. The van der Waals surface area contributed by atoms with Crippen molar-refractivity contribution < 1.29 is 25.3 Å². The summed E-state index contributed by atoms with van der Waals surface area (Å²) in [7, 11) is -5.94. The third kappa shape index (κ3) is 15.3. The fraction of sp³-hybridized carbons (Fsp3) is 0.286. The molecule has 4 aliphatic rings. The highest BCUT2D eigenvalue weighted by atomic mass is 79.9. The minimum absolute atomic E-state index is 0.000613. The first-order valence-corrected chi connectivity index (χ1v) is 33.8. The Labute approximate surface area is 485 Å². The smallest absolute Gasteiger partial charge is 0.240 e. The number of hydrogen-bond donors (Lipinski definition) is 1. The molecule has 10 nitrogen and oxygen atoms in total. The summed E-state index contributed by atoms with van der Waals surface area (Å²) < 4.78 is 79.1. The monoisotopic (exact) mass is 1210 g/mol. The lowest BCUT2D eigenvalue weighted by molar-refractivity contribution is 0.231. The molecule has 0 atom stereocenters. The van der Waals surface area contributed by atoms with Crippen LogP contribution in [0.1, 0.15) is 77.1 Å². The molecule has 0 saturated carbocycles. The first-order valence-electron chi connectivity index (χ1n) is 26.5. The number of nitrogens with zero attached hydrogens (tertiary/aromatic N) is 3. The minimum Gasteiger partial charge on any atom is -0.306 e. The van der Waals surface area contributed by atoms with Gasteiger partial charge in [0.25, 0.3) is 0 Å². The molecule has 0 radical (unpaired) electrons. The number of benzene rings is 7. The quantitative estimate of drug-likeness (QED) is 0.118. The summed E-state index contributed by atoms with van der Waals surface area (Å²) in [6.45, 7) is 11.9. The van der Waals surface area contributed by atoms with Crippen LogP contribution in [0.25, 0.3) is 5.57 Å². The fourth-order valence-electron chi connectivity index (χ4n) is 9.98. The molecule has 1 N–H and O–H groups in total. The summed E-state index contributed by atoms with van der Waals surface area (Å²) in [6.07, 6.45) is 5.44. The van der Waals surface area contributed by atoms with Crippen LogP contribution in [-0.2, 0) is 42.5 Å². The van der Waals surface area contributed by atoms with Crippen molar-refractivity contribution in [2.75, 3.05) is 51.9 Å². The molecule has 0 aromatic heterocycles. The Morgan fingerprint density at radius 3 is 1.59 bits per heavy atom. The maximum atomic E-state index is 12.8. The number of nitrogens with one attached hydrogen (secondary N) is 1. The maximum absolute atomic E-state index is 12.8. The van der Waals surface area contributed by atoms with Gasteiger partial charge in [0.15, 0.2) is 19.7 Å². The van der Waals surface area contributed by atoms with E-state index in [9.17, 15) is 25.3 Å². The first kappa shape index (κ1) is 58.5. The Hall–Kier alpha value is -5.14. The van der Waals surface area contributed by atoms with E-state index >= 15 is 0 Å². The molecule has 0 spiro atoms. The molecule has 16 heteroatoms. The number of likely N-dealkylation sites (tertiary alicyclic amines) is 2. The van der Waals surface area contributed by atoms with Crippen LogP contribution in [0.4, 0.5) is 0 Å². The number of rotatable bonds is 12. The van der Waals surface area contributed by atoms with Crippen LogP contribution in [0.5, 0.6) is 0 Å². The van der Waals surface area contributed by atoms with E-state index < -0.39 is 29.7 Å². The zero-order chi connectivity index (χ0) is 55.9. The number of sulfonamides is 1. The Morgan fingerprint density at radius 1 is 0.570 bits per heavy atom. The highest BCUT2D eigenvalue weighted by Gasteiger charge is 2.26. The van der Waals surface area contributed by atoms with E-state index in [0.29, 0.717) is 20.6 Å². The minimum atomic E-state index is -3.53. The van der Waals surface area contributed by atoms with E-state index in [1.165, 1.54) is 41.8 Å². The normalized spacial score (nSPS) is 16.2. The highest BCUT2D eigenvalue weighted by molar-refractivity contribution is 9.10. The number of sulfone groups is 2. The number of piperidine rings is 2. The van der Waals surface area contributed by atoms with Crippen LogP contribution in [-0.4, -0.2) is 98.7 Å². The third-order valence-electron chi connectivity index (χ3n) is 14.9. The van der Waals surface area contributed by atoms with Crippen molar-refractivity contribution in [3.05, 3.63) is 213 Å². The van der Waals surface area contributed by atoms with Gasteiger partial charge in [-0.25, -0.2) is 30.0 Å². The molecule has 11 rings (SSSR count). The molecule has 7 aromatic rings. The average Bonchev–Trinajstić information content (AvgIpc) is 3.49. The van der Waals surface area contributed by atoms with Crippen molar-refractivity contribution in [1.29, 1.82) is 0 Å². The number of aryl methyl sites for hydroxylation is 1. The van der Waals surface area contributed by atoms with Crippen molar-refractivity contribution in [3.8, 4) is 0 Å². The summed E-state index contributed by atoms with van der Waals surface area (Å²) in [4.78, 5) is 15.1. The van der Waals surface area contributed by atoms with Crippen LogP contribution in [0.15, 0.2) is 208 Å². The van der Waals surface area contributed by atoms with Gasteiger partial charge in [0.1, 0.15) is 5.88 Å². The van der Waals surface area contributed by atoms with Crippen molar-refractivity contribution in [2.45, 2.75) is 92.7 Å². The van der Waals surface area contributed by atoms with E-state index in [2.05, 4.69) is 135 Å². The van der Waals surface area contributed by atoms with Gasteiger partial charge in [0.2, 0.25) is 10.0 Å². The Kier molecular flexibility index (Phi) is 19.1. The lowest BCUT2D eigenvalue weighted by Gasteiger charge is -2.29. The number of aliphatic imine (C=N–C) groups is 1. The standard InChI is InChI=1S/C27H28N2O2S2.C23H21NO2S2.C13H18BrNO2S/c1-19(21-9-12-27-23(17-21)18-22-5-3-4-6-26(22)32-27)20-7-10-25(11-8-20)33(30,31)28-24-13-15-29(2)16-14-24;1-16-7-10-21(11-8-16)28(25,26)15-24-17(2)18-9-12-23-20(13-18)14-19-5-3-4-6-22(19)27-23;1-15-8-6-11(7-9-15)10-18(16,17)13-4-2-12(14)3-5-13/h3-12,17,24,28H,1,13-16,18H2,2H3;3-13H,14-15H2,1-2H3;2-5,11H,6-10H2,1H3. The lowest BCUT2D eigenvalue weighted by atomic mass is 9.95. The zero-order valence-electron chi connectivity index (χ0n) is 45.1. The molecule has 0 bridgehead atoms. The average molecular weight is 1220 g/mol. The van der Waals surface area contributed by atoms with Gasteiger partial charge < -0.3 is 9.80 Å². The topological polar surface area (TPSA) is 133 Å². The predicted octanol–water partition coefficient (Wildman–Crippen LogP) is 13.0. The van der Waals surface area contributed by atoms with Gasteiger partial charge in [-0.3, -0.25) is 4.99 Å². The predicted molar refractivity (Wildman–Crippen MR) is 327 cm³/mol. The summed E-state index contributed by atoms with van der Waals surface area (Å²) in [5, 5.41) is 0. The molecule has 0 unspecified atom stereocenters. The van der Waals surface area contributed by atoms with Crippen LogP contribution in [0.3, 0.4) is 0 Å². The third-order valence-corrected chi connectivity index (χ3v) is 22.8. The van der Waals surface area contributed by atoms with Gasteiger partial charge >= 0.3 is 0 Å². The molecule has 0 aliphatic carbocycles.